The molecular formula is C13H29N3O. The monoisotopic (exact) mass is 243 g/mol. The molecule has 0 heterocycles. The van der Waals surface area contributed by atoms with Gasteiger partial charge in [-0.05, 0) is 46.6 Å². The van der Waals surface area contributed by atoms with Crippen molar-refractivity contribution in [3.8, 4) is 0 Å². The Morgan fingerprint density at radius 2 is 1.71 bits per heavy atom. The third kappa shape index (κ3) is 5.50. The van der Waals surface area contributed by atoms with Crippen molar-refractivity contribution in [2.75, 3.05) is 7.05 Å². The second-order valence-electron chi connectivity index (χ2n) is 5.98. The van der Waals surface area contributed by atoms with E-state index in [1.807, 2.05) is 0 Å². The van der Waals surface area contributed by atoms with Gasteiger partial charge in [-0.1, -0.05) is 13.8 Å². The maximum absolute atomic E-state index is 11.2. The van der Waals surface area contributed by atoms with Gasteiger partial charge in [-0.3, -0.25) is 4.79 Å². The smallest absolute Gasteiger partial charge is 0.237 e. The highest BCUT2D eigenvalue weighted by molar-refractivity contribution is 5.83. The molecule has 0 aromatic heterocycles. The number of carbonyl (C=O) groups is 1. The lowest BCUT2D eigenvalue weighted by Gasteiger charge is -2.35. The van der Waals surface area contributed by atoms with Crippen LogP contribution in [0, 0.1) is 5.92 Å². The summed E-state index contributed by atoms with van der Waals surface area (Å²) >= 11 is 0. The van der Waals surface area contributed by atoms with Gasteiger partial charge in [0.15, 0.2) is 0 Å². The zero-order chi connectivity index (χ0) is 13.8. The number of hydrogen-bond donors (Lipinski definition) is 2. The molecule has 0 spiro atoms. The summed E-state index contributed by atoms with van der Waals surface area (Å²) in [5.74, 6) is 0.231. The molecule has 0 aliphatic heterocycles. The highest BCUT2D eigenvalue weighted by atomic mass is 16.1. The Morgan fingerprint density at radius 1 is 1.24 bits per heavy atom. The molecule has 0 saturated heterocycles. The molecule has 0 radical (unpaired) electrons. The standard InChI is InChI=1S/C13H29N3O/c1-9(2)7-10(3)16(6)11(4)8-13(5,15)12(14)17/h9-11H,7-8,15H2,1-6H3,(H2,14,17). The third-order valence-corrected chi connectivity index (χ3v) is 3.49. The van der Waals surface area contributed by atoms with Crippen molar-refractivity contribution in [3.05, 3.63) is 0 Å². The topological polar surface area (TPSA) is 72.3 Å². The average Bonchev–Trinajstić information content (AvgIpc) is 2.14. The molecule has 0 aliphatic rings. The van der Waals surface area contributed by atoms with Crippen molar-refractivity contribution < 1.29 is 4.79 Å². The minimum absolute atomic E-state index is 0.242. The zero-order valence-corrected chi connectivity index (χ0v) is 12.2. The van der Waals surface area contributed by atoms with Gasteiger partial charge in [0.1, 0.15) is 0 Å². The van der Waals surface area contributed by atoms with E-state index in [9.17, 15) is 4.79 Å². The summed E-state index contributed by atoms with van der Waals surface area (Å²) in [6.07, 6.45) is 1.72. The fourth-order valence-electron chi connectivity index (χ4n) is 2.14. The molecule has 4 nitrogen and oxygen atoms in total. The molecule has 4 heteroatoms. The minimum atomic E-state index is -0.925. The molecule has 0 aromatic carbocycles. The Morgan fingerprint density at radius 3 is 2.06 bits per heavy atom. The summed E-state index contributed by atoms with van der Waals surface area (Å²) in [6, 6.07) is 0.722. The molecule has 4 N–H and O–H groups in total. The predicted octanol–water partition coefficient (Wildman–Crippen LogP) is 1.33. The number of hydrogen-bond acceptors (Lipinski definition) is 3. The second-order valence-corrected chi connectivity index (χ2v) is 5.98. The van der Waals surface area contributed by atoms with Crippen LogP contribution in [-0.2, 0) is 4.79 Å². The van der Waals surface area contributed by atoms with E-state index in [0.29, 0.717) is 18.4 Å². The minimum Gasteiger partial charge on any atom is -0.368 e. The van der Waals surface area contributed by atoms with Crippen LogP contribution in [0.1, 0.15) is 47.5 Å². The molecule has 3 unspecified atom stereocenters. The van der Waals surface area contributed by atoms with Gasteiger partial charge < -0.3 is 16.4 Å². The first-order chi connectivity index (χ1) is 7.58. The summed E-state index contributed by atoms with van der Waals surface area (Å²) in [5.41, 5.74) is 10.3. The van der Waals surface area contributed by atoms with Gasteiger partial charge in [0.25, 0.3) is 0 Å². The highest BCUT2D eigenvalue weighted by Gasteiger charge is 2.30. The van der Waals surface area contributed by atoms with Crippen molar-refractivity contribution in [3.63, 3.8) is 0 Å². The maximum atomic E-state index is 11.2. The quantitative estimate of drug-likeness (QED) is 0.708. The summed E-state index contributed by atoms with van der Waals surface area (Å²) in [5, 5.41) is 0. The van der Waals surface area contributed by atoms with E-state index in [1.54, 1.807) is 6.92 Å². The van der Waals surface area contributed by atoms with E-state index < -0.39 is 11.4 Å². The van der Waals surface area contributed by atoms with Gasteiger partial charge in [-0.2, -0.15) is 0 Å². The van der Waals surface area contributed by atoms with E-state index in [2.05, 4.69) is 39.6 Å². The Labute approximate surface area is 106 Å². The lowest BCUT2D eigenvalue weighted by Crippen LogP contribution is -2.53. The number of amides is 1. The number of rotatable bonds is 7. The summed E-state index contributed by atoms with van der Waals surface area (Å²) in [4.78, 5) is 13.5. The molecule has 0 fully saturated rings. The van der Waals surface area contributed by atoms with Crippen LogP contribution < -0.4 is 11.5 Å². The van der Waals surface area contributed by atoms with E-state index in [-0.39, 0.29) is 6.04 Å². The molecule has 102 valence electrons. The summed E-state index contributed by atoms with van der Waals surface area (Å²) in [7, 11) is 2.08. The van der Waals surface area contributed by atoms with Gasteiger partial charge in [0, 0.05) is 12.1 Å². The van der Waals surface area contributed by atoms with Gasteiger partial charge in [-0.15, -0.1) is 0 Å². The van der Waals surface area contributed by atoms with Crippen molar-refractivity contribution in [1.29, 1.82) is 0 Å². The Kier molecular flexibility index (Phi) is 6.13. The van der Waals surface area contributed by atoms with Crippen LogP contribution in [0.25, 0.3) is 0 Å². The molecule has 17 heavy (non-hydrogen) atoms. The first-order valence-corrected chi connectivity index (χ1v) is 6.38. The van der Waals surface area contributed by atoms with Crippen molar-refractivity contribution in [2.45, 2.75) is 65.1 Å². The lowest BCUT2D eigenvalue weighted by atomic mass is 9.92. The van der Waals surface area contributed by atoms with Crippen LogP contribution in [0.15, 0.2) is 0 Å². The number of carbonyl (C=O) groups excluding carboxylic acids is 1. The number of nitrogens with zero attached hydrogens (tertiary/aromatic N) is 1. The zero-order valence-electron chi connectivity index (χ0n) is 12.2. The van der Waals surface area contributed by atoms with Crippen LogP contribution in [-0.4, -0.2) is 35.5 Å². The highest BCUT2D eigenvalue weighted by Crippen LogP contribution is 2.17. The van der Waals surface area contributed by atoms with Crippen LogP contribution in [0.5, 0.6) is 0 Å². The van der Waals surface area contributed by atoms with Crippen LogP contribution in [0.2, 0.25) is 0 Å². The first-order valence-electron chi connectivity index (χ1n) is 6.38. The van der Waals surface area contributed by atoms with Gasteiger partial charge in [0.2, 0.25) is 5.91 Å². The Balaban J connectivity index is 4.40. The average molecular weight is 243 g/mol. The number of nitrogens with two attached hydrogens (primary N) is 2. The molecular weight excluding hydrogens is 214 g/mol. The Bertz CT molecular complexity index is 251. The number of primary amides is 1. The molecule has 0 bridgehead atoms. The first kappa shape index (κ1) is 16.4. The van der Waals surface area contributed by atoms with Crippen molar-refractivity contribution in [1.82, 2.24) is 4.90 Å². The van der Waals surface area contributed by atoms with Gasteiger partial charge in [-0.25, -0.2) is 0 Å². The lowest BCUT2D eigenvalue weighted by molar-refractivity contribution is -0.123. The van der Waals surface area contributed by atoms with E-state index >= 15 is 0 Å². The molecule has 0 saturated carbocycles. The summed E-state index contributed by atoms with van der Waals surface area (Å²) < 4.78 is 0. The predicted molar refractivity (Wildman–Crippen MR) is 72.5 cm³/mol. The summed E-state index contributed by atoms with van der Waals surface area (Å²) in [6.45, 7) is 10.4. The normalized spacial score (nSPS) is 19.1. The van der Waals surface area contributed by atoms with Gasteiger partial charge in [0.05, 0.1) is 5.54 Å². The fraction of sp³-hybridized carbons (Fsp3) is 0.923. The maximum Gasteiger partial charge on any atom is 0.237 e. The SMILES string of the molecule is CC(C)CC(C)N(C)C(C)CC(C)(N)C(N)=O. The van der Waals surface area contributed by atoms with Crippen LogP contribution >= 0.6 is 0 Å². The molecule has 1 amide bonds. The van der Waals surface area contributed by atoms with E-state index in [4.69, 9.17) is 11.5 Å². The van der Waals surface area contributed by atoms with E-state index in [0.717, 1.165) is 6.42 Å². The van der Waals surface area contributed by atoms with E-state index in [1.165, 1.54) is 0 Å². The second kappa shape index (κ2) is 6.36. The Hall–Kier alpha value is -0.610. The van der Waals surface area contributed by atoms with Crippen molar-refractivity contribution >= 4 is 5.91 Å². The fourth-order valence-corrected chi connectivity index (χ4v) is 2.14. The molecule has 0 aromatic rings. The van der Waals surface area contributed by atoms with Crippen molar-refractivity contribution in [2.24, 2.45) is 17.4 Å². The molecule has 0 aliphatic carbocycles. The van der Waals surface area contributed by atoms with Crippen LogP contribution in [0.4, 0.5) is 0 Å². The van der Waals surface area contributed by atoms with Gasteiger partial charge >= 0.3 is 0 Å². The molecule has 3 atom stereocenters. The van der Waals surface area contributed by atoms with Crippen LogP contribution in [0.3, 0.4) is 0 Å². The largest absolute Gasteiger partial charge is 0.368 e. The third-order valence-electron chi connectivity index (χ3n) is 3.49. The molecule has 0 rings (SSSR count).